The molecule has 0 aromatic heterocycles. The molecular weight excluding hydrogens is 560 g/mol. The molecule has 1 N–H and O–H groups in total. The molecular formula is C36H34O8. The minimum Gasteiger partial charge on any atom is -0.465 e. The molecule has 0 aliphatic heterocycles. The molecule has 0 heterocycles. The number of hydrogen-bond acceptors (Lipinski definition) is 8. The molecule has 0 saturated heterocycles. The Labute approximate surface area is 258 Å². The van der Waals surface area contributed by atoms with Crippen LogP contribution < -0.4 is 0 Å². The second-order valence-electron chi connectivity index (χ2n) is 10.0. The zero-order valence-electron chi connectivity index (χ0n) is 25.1. The summed E-state index contributed by atoms with van der Waals surface area (Å²) in [6.45, 7) is 0.934. The summed E-state index contributed by atoms with van der Waals surface area (Å²) < 4.78 is 19.3. The van der Waals surface area contributed by atoms with Crippen molar-refractivity contribution in [1.29, 1.82) is 0 Å². The number of aliphatic hydroxyl groups is 1. The first-order valence-electron chi connectivity index (χ1n) is 13.9. The van der Waals surface area contributed by atoms with Gasteiger partial charge in [0, 0.05) is 49.5 Å². The number of methoxy groups -OCH3 is 4. The highest BCUT2D eigenvalue weighted by atomic mass is 16.5. The summed E-state index contributed by atoms with van der Waals surface area (Å²) in [4.78, 5) is 34.0. The van der Waals surface area contributed by atoms with E-state index in [1.54, 1.807) is 62.8 Å². The molecule has 3 unspecified atom stereocenters. The summed E-state index contributed by atoms with van der Waals surface area (Å²) in [6.07, 6.45) is 0.839. The summed E-state index contributed by atoms with van der Waals surface area (Å²) in [5.74, 6) is 22.6. The van der Waals surface area contributed by atoms with Gasteiger partial charge in [0.1, 0.15) is 5.78 Å². The SMILES string of the molecule is COC[C@@H]1C(=O)CC1C#CC#Cc1ccc(C(=O)OC)cc1.COC[C@@H]1C(O)CC1C#CC#Cc1ccc(C(=O)OC)cc1. The van der Waals surface area contributed by atoms with E-state index in [9.17, 15) is 19.5 Å². The predicted molar refractivity (Wildman–Crippen MR) is 163 cm³/mol. The number of carbonyl (C=O) groups excluding carboxylic acids is 3. The summed E-state index contributed by atoms with van der Waals surface area (Å²) in [5.41, 5.74) is 2.52. The summed E-state index contributed by atoms with van der Waals surface area (Å²) in [6, 6.07) is 13.6. The molecule has 8 heteroatoms. The number of aliphatic hydroxyl groups excluding tert-OH is 1. The van der Waals surface area contributed by atoms with E-state index in [0.717, 1.165) is 11.1 Å². The maximum absolute atomic E-state index is 11.4. The molecule has 226 valence electrons. The van der Waals surface area contributed by atoms with Gasteiger partial charge in [0.15, 0.2) is 0 Å². The fraction of sp³-hybridized carbons (Fsp3) is 0.361. The van der Waals surface area contributed by atoms with Crippen LogP contribution in [-0.2, 0) is 23.7 Å². The highest BCUT2D eigenvalue weighted by Gasteiger charge is 2.39. The van der Waals surface area contributed by atoms with Crippen molar-refractivity contribution in [3.8, 4) is 47.4 Å². The fourth-order valence-electron chi connectivity index (χ4n) is 4.46. The van der Waals surface area contributed by atoms with Crippen molar-refractivity contribution in [3.63, 3.8) is 0 Å². The van der Waals surface area contributed by atoms with Gasteiger partial charge in [-0.05, 0) is 78.6 Å². The maximum atomic E-state index is 11.4. The third kappa shape index (κ3) is 9.60. The molecule has 2 aliphatic rings. The zero-order valence-corrected chi connectivity index (χ0v) is 25.1. The minimum atomic E-state index is -0.377. The number of carbonyl (C=O) groups is 3. The molecule has 2 fully saturated rings. The largest absolute Gasteiger partial charge is 0.465 e. The number of hydrogen-bond donors (Lipinski definition) is 1. The lowest BCUT2D eigenvalue weighted by Gasteiger charge is -2.37. The Bertz CT molecular complexity index is 1560. The van der Waals surface area contributed by atoms with Crippen molar-refractivity contribution >= 4 is 17.7 Å². The van der Waals surface area contributed by atoms with Crippen LogP contribution in [0.2, 0.25) is 0 Å². The molecule has 2 aromatic carbocycles. The van der Waals surface area contributed by atoms with E-state index in [1.165, 1.54) is 14.2 Å². The lowest BCUT2D eigenvalue weighted by molar-refractivity contribution is -0.134. The first-order valence-corrected chi connectivity index (χ1v) is 13.9. The predicted octanol–water partition coefficient (Wildman–Crippen LogP) is 3.15. The summed E-state index contributed by atoms with van der Waals surface area (Å²) >= 11 is 0. The number of rotatable bonds is 6. The molecule has 0 spiro atoms. The van der Waals surface area contributed by atoms with Crippen LogP contribution in [0.5, 0.6) is 0 Å². The van der Waals surface area contributed by atoms with Crippen LogP contribution in [0.3, 0.4) is 0 Å². The molecule has 2 aliphatic carbocycles. The van der Waals surface area contributed by atoms with Gasteiger partial charge in [-0.15, -0.1) is 0 Å². The Morgan fingerprint density at radius 1 is 0.727 bits per heavy atom. The maximum Gasteiger partial charge on any atom is 0.337 e. The van der Waals surface area contributed by atoms with Crippen LogP contribution in [0.25, 0.3) is 0 Å². The van der Waals surface area contributed by atoms with Gasteiger partial charge < -0.3 is 24.1 Å². The Kier molecular flexibility index (Phi) is 13.3. The lowest BCUT2D eigenvalue weighted by atomic mass is 9.72. The molecule has 0 amide bonds. The van der Waals surface area contributed by atoms with Gasteiger partial charge in [-0.2, -0.15) is 0 Å². The molecule has 44 heavy (non-hydrogen) atoms. The molecule has 2 saturated carbocycles. The summed E-state index contributed by atoms with van der Waals surface area (Å²) in [5, 5.41) is 9.61. The number of esters is 2. The average molecular weight is 595 g/mol. The van der Waals surface area contributed by atoms with Gasteiger partial charge in [-0.3, -0.25) is 4.79 Å². The highest BCUT2D eigenvalue weighted by molar-refractivity contribution is 5.90. The fourth-order valence-corrected chi connectivity index (χ4v) is 4.46. The first kappa shape index (κ1) is 33.7. The van der Waals surface area contributed by atoms with Crippen molar-refractivity contribution in [2.24, 2.45) is 23.7 Å². The monoisotopic (exact) mass is 594 g/mol. The van der Waals surface area contributed by atoms with Gasteiger partial charge >= 0.3 is 11.9 Å². The van der Waals surface area contributed by atoms with E-state index >= 15 is 0 Å². The normalized spacial score (nSPS) is 20.8. The van der Waals surface area contributed by atoms with E-state index in [0.29, 0.717) is 37.2 Å². The van der Waals surface area contributed by atoms with Gasteiger partial charge in [0.05, 0.1) is 50.6 Å². The Morgan fingerprint density at radius 3 is 1.61 bits per heavy atom. The van der Waals surface area contributed by atoms with Crippen LogP contribution in [0, 0.1) is 71.0 Å². The lowest BCUT2D eigenvalue weighted by Crippen LogP contribution is -2.43. The number of Topliss-reactive ketones (excluding diaryl/α,β-unsaturated/α-hetero) is 1. The van der Waals surface area contributed by atoms with E-state index < -0.39 is 0 Å². The summed E-state index contributed by atoms with van der Waals surface area (Å²) in [7, 11) is 5.88. The second-order valence-corrected chi connectivity index (χ2v) is 10.0. The van der Waals surface area contributed by atoms with Crippen molar-refractivity contribution in [3.05, 3.63) is 70.8 Å². The van der Waals surface area contributed by atoms with Crippen LogP contribution >= 0.6 is 0 Å². The van der Waals surface area contributed by atoms with Gasteiger partial charge in [0.2, 0.25) is 0 Å². The first-order chi connectivity index (χ1) is 21.3. The van der Waals surface area contributed by atoms with E-state index in [-0.39, 0.29) is 47.5 Å². The highest BCUT2D eigenvalue weighted by Crippen LogP contribution is 2.34. The standard InChI is InChI=1S/C18H18O4.C18H16O4/c2*1-21-12-16-15(11-17(16)19)6-4-3-5-13-7-9-14(10-8-13)18(20)22-2/h7-10,15-17,19H,11-12H2,1-2H3;7-10,15-16H,11-12H2,1-2H3/t15?,16-,17?;15?,16-/m00/s1. The Morgan fingerprint density at radius 2 is 1.20 bits per heavy atom. The van der Waals surface area contributed by atoms with Gasteiger partial charge in [0.25, 0.3) is 0 Å². The van der Waals surface area contributed by atoms with E-state index in [4.69, 9.17) is 9.47 Å². The third-order valence-electron chi connectivity index (χ3n) is 7.20. The topological polar surface area (TPSA) is 108 Å². The van der Waals surface area contributed by atoms with Crippen molar-refractivity contribution in [2.75, 3.05) is 41.7 Å². The average Bonchev–Trinajstić information content (AvgIpc) is 3.05. The van der Waals surface area contributed by atoms with E-state index in [2.05, 4.69) is 56.8 Å². The van der Waals surface area contributed by atoms with Crippen molar-refractivity contribution < 1.29 is 38.4 Å². The second kappa shape index (κ2) is 17.3. The zero-order chi connectivity index (χ0) is 31.9. The molecule has 8 nitrogen and oxygen atoms in total. The Balaban J connectivity index is 0.000000240. The molecule has 2 aromatic rings. The van der Waals surface area contributed by atoms with Crippen molar-refractivity contribution in [1.82, 2.24) is 0 Å². The molecule has 5 atom stereocenters. The minimum absolute atomic E-state index is 0.0449. The number of benzene rings is 2. The number of ketones is 1. The van der Waals surface area contributed by atoms with Crippen LogP contribution in [0.4, 0.5) is 0 Å². The molecule has 0 bridgehead atoms. The van der Waals surface area contributed by atoms with Gasteiger partial charge in [-0.1, -0.05) is 23.7 Å². The number of ether oxygens (including phenoxy) is 4. The van der Waals surface area contributed by atoms with Crippen LogP contribution in [0.15, 0.2) is 48.5 Å². The van der Waals surface area contributed by atoms with E-state index in [1.807, 2.05) is 0 Å². The molecule has 4 rings (SSSR count). The van der Waals surface area contributed by atoms with Gasteiger partial charge in [-0.25, -0.2) is 9.59 Å². The molecule has 0 radical (unpaired) electrons. The van der Waals surface area contributed by atoms with Crippen molar-refractivity contribution in [2.45, 2.75) is 18.9 Å². The quantitative estimate of drug-likeness (QED) is 0.402. The third-order valence-corrected chi connectivity index (χ3v) is 7.20. The Hall–Kier alpha value is -4.83. The van der Waals surface area contributed by atoms with Crippen LogP contribution in [-0.4, -0.2) is 70.6 Å². The smallest absolute Gasteiger partial charge is 0.337 e. The van der Waals surface area contributed by atoms with Crippen LogP contribution in [0.1, 0.15) is 44.7 Å².